The Labute approximate surface area is 117 Å². The van der Waals surface area contributed by atoms with Gasteiger partial charge in [0.25, 0.3) is 0 Å². The van der Waals surface area contributed by atoms with Crippen LogP contribution in [0.4, 0.5) is 0 Å². The fourth-order valence-corrected chi connectivity index (χ4v) is 6.18. The first kappa shape index (κ1) is 14.9. The zero-order valence-electron chi connectivity index (χ0n) is 10.3. The molecule has 1 aliphatic rings. The number of rotatable bonds is 3. The Hall–Kier alpha value is -0.480. The Morgan fingerprint density at radius 3 is 2.74 bits per heavy atom. The van der Waals surface area contributed by atoms with Crippen molar-refractivity contribution in [3.63, 3.8) is 0 Å². The lowest BCUT2D eigenvalue weighted by Gasteiger charge is -2.19. The van der Waals surface area contributed by atoms with Crippen LogP contribution in [0.25, 0.3) is 0 Å². The van der Waals surface area contributed by atoms with Gasteiger partial charge in [-0.1, -0.05) is 0 Å². The van der Waals surface area contributed by atoms with E-state index >= 15 is 0 Å². The van der Waals surface area contributed by atoms with Gasteiger partial charge in [0.05, 0.1) is 16.4 Å². The van der Waals surface area contributed by atoms with E-state index in [2.05, 4.69) is 0 Å². The molecule has 0 spiro atoms. The van der Waals surface area contributed by atoms with Gasteiger partial charge in [-0.25, -0.2) is 16.8 Å². The quantitative estimate of drug-likeness (QED) is 0.845. The van der Waals surface area contributed by atoms with E-state index in [1.54, 1.807) is 5.38 Å². The van der Waals surface area contributed by atoms with Gasteiger partial charge in [0.1, 0.15) is 0 Å². The maximum absolute atomic E-state index is 12.5. The third-order valence-electron chi connectivity index (χ3n) is 3.02. The normalized spacial score (nSPS) is 21.1. The second kappa shape index (κ2) is 5.49. The number of sulfone groups is 1. The lowest BCUT2D eigenvalue weighted by atomic mass is 10.5. The molecule has 108 valence electrons. The van der Waals surface area contributed by atoms with E-state index in [1.165, 1.54) is 21.7 Å². The zero-order chi connectivity index (χ0) is 14.1. The molecule has 1 fully saturated rings. The first-order chi connectivity index (χ1) is 8.87. The highest BCUT2D eigenvalue weighted by Gasteiger charge is 2.30. The average Bonchev–Trinajstić information content (AvgIpc) is 2.74. The van der Waals surface area contributed by atoms with Gasteiger partial charge in [0.15, 0.2) is 9.84 Å². The molecule has 0 aliphatic carbocycles. The van der Waals surface area contributed by atoms with Crippen molar-refractivity contribution in [2.24, 2.45) is 5.73 Å². The van der Waals surface area contributed by atoms with Crippen LogP contribution in [0.15, 0.2) is 16.3 Å². The van der Waals surface area contributed by atoms with E-state index in [-0.39, 0.29) is 36.0 Å². The van der Waals surface area contributed by atoms with Gasteiger partial charge in [-0.3, -0.25) is 0 Å². The number of thiophene rings is 1. The molecule has 2 rings (SSSR count). The first-order valence-electron chi connectivity index (χ1n) is 5.84. The van der Waals surface area contributed by atoms with Crippen molar-refractivity contribution in [1.82, 2.24) is 4.31 Å². The molecule has 1 saturated heterocycles. The first-order valence-corrected chi connectivity index (χ1v) is 9.98. The largest absolute Gasteiger partial charge is 0.326 e. The summed E-state index contributed by atoms with van der Waals surface area (Å²) >= 11 is 1.30. The predicted molar refractivity (Wildman–Crippen MR) is 74.2 cm³/mol. The lowest BCUT2D eigenvalue weighted by Crippen LogP contribution is -2.34. The third-order valence-corrected chi connectivity index (χ3v) is 7.79. The van der Waals surface area contributed by atoms with Gasteiger partial charge in [-0.2, -0.15) is 4.31 Å². The molecule has 0 amide bonds. The molecule has 1 aromatic rings. The summed E-state index contributed by atoms with van der Waals surface area (Å²) in [5.74, 6) is -0.0687. The highest BCUT2D eigenvalue weighted by atomic mass is 32.2. The molecule has 0 radical (unpaired) electrons. The summed E-state index contributed by atoms with van der Waals surface area (Å²) < 4.78 is 49.2. The number of nitrogens with two attached hydrogens (primary N) is 1. The predicted octanol–water partition coefficient (Wildman–Crippen LogP) is 0.0160. The Bertz CT molecular complexity index is 648. The molecular weight excluding hydrogens is 308 g/mol. The molecule has 19 heavy (non-hydrogen) atoms. The van der Waals surface area contributed by atoms with Gasteiger partial charge in [0, 0.05) is 24.5 Å². The molecule has 0 aromatic carbocycles. The SMILES string of the molecule is NCc1sccc1S(=O)(=O)N1CCCS(=O)(=O)CC1. The number of hydrogen-bond donors (Lipinski definition) is 1. The van der Waals surface area contributed by atoms with Crippen molar-refractivity contribution in [2.45, 2.75) is 17.9 Å². The van der Waals surface area contributed by atoms with Crippen LogP contribution >= 0.6 is 11.3 Å². The summed E-state index contributed by atoms with van der Waals surface area (Å²) in [4.78, 5) is 0.811. The van der Waals surface area contributed by atoms with Crippen molar-refractivity contribution < 1.29 is 16.8 Å². The van der Waals surface area contributed by atoms with Gasteiger partial charge in [-0.05, 0) is 17.9 Å². The standard InChI is InChI=1S/C10H16N2O4S3/c11-8-9-10(2-5-17-9)19(15,16)12-3-1-6-18(13,14)7-4-12/h2,5H,1,3-4,6-8,11H2. The number of sulfonamides is 1. The van der Waals surface area contributed by atoms with Crippen LogP contribution in [0, 0.1) is 0 Å². The van der Waals surface area contributed by atoms with Crippen molar-refractivity contribution in [1.29, 1.82) is 0 Å². The second-order valence-corrected chi connectivity index (χ2v) is 9.53. The monoisotopic (exact) mass is 324 g/mol. The fraction of sp³-hybridized carbons (Fsp3) is 0.600. The molecule has 9 heteroatoms. The molecule has 6 nitrogen and oxygen atoms in total. The molecular formula is C10H16N2O4S3. The van der Waals surface area contributed by atoms with Crippen LogP contribution in [0.3, 0.4) is 0 Å². The van der Waals surface area contributed by atoms with E-state index in [1.807, 2.05) is 0 Å². The molecule has 0 bridgehead atoms. The summed E-state index contributed by atoms with van der Waals surface area (Å²) in [5, 5.41) is 1.68. The summed E-state index contributed by atoms with van der Waals surface area (Å²) in [5.41, 5.74) is 5.53. The average molecular weight is 324 g/mol. The Kier molecular flexibility index (Phi) is 4.31. The summed E-state index contributed by atoms with van der Waals surface area (Å²) in [6.45, 7) is 0.421. The van der Waals surface area contributed by atoms with Crippen LogP contribution in [0.5, 0.6) is 0 Å². The zero-order valence-corrected chi connectivity index (χ0v) is 12.7. The Balaban J connectivity index is 2.30. The van der Waals surface area contributed by atoms with Gasteiger partial charge in [-0.15, -0.1) is 11.3 Å². The molecule has 2 heterocycles. The second-order valence-electron chi connectivity index (χ2n) is 4.32. The van der Waals surface area contributed by atoms with E-state index in [4.69, 9.17) is 5.73 Å². The molecule has 0 unspecified atom stereocenters. The smallest absolute Gasteiger partial charge is 0.244 e. The van der Waals surface area contributed by atoms with Crippen molar-refractivity contribution in [2.75, 3.05) is 24.6 Å². The van der Waals surface area contributed by atoms with Crippen LogP contribution < -0.4 is 5.73 Å². The molecule has 2 N–H and O–H groups in total. The lowest BCUT2D eigenvalue weighted by molar-refractivity contribution is 0.434. The third kappa shape index (κ3) is 3.16. The topological polar surface area (TPSA) is 97.5 Å². The van der Waals surface area contributed by atoms with Gasteiger partial charge < -0.3 is 5.73 Å². The van der Waals surface area contributed by atoms with E-state index < -0.39 is 19.9 Å². The van der Waals surface area contributed by atoms with E-state index in [0.717, 1.165) is 0 Å². The van der Waals surface area contributed by atoms with Crippen LogP contribution in [0.1, 0.15) is 11.3 Å². The highest BCUT2D eigenvalue weighted by molar-refractivity contribution is 7.91. The molecule has 1 aliphatic heterocycles. The minimum atomic E-state index is -3.64. The summed E-state index contributed by atoms with van der Waals surface area (Å²) in [6, 6.07) is 1.53. The van der Waals surface area contributed by atoms with Gasteiger partial charge >= 0.3 is 0 Å². The van der Waals surface area contributed by atoms with Gasteiger partial charge in [0.2, 0.25) is 10.0 Å². The Morgan fingerprint density at radius 1 is 1.32 bits per heavy atom. The van der Waals surface area contributed by atoms with E-state index in [0.29, 0.717) is 11.3 Å². The van der Waals surface area contributed by atoms with Crippen LogP contribution in [-0.2, 0) is 26.4 Å². The summed E-state index contributed by atoms with van der Waals surface area (Å²) in [6.07, 6.45) is 0.337. The highest BCUT2D eigenvalue weighted by Crippen LogP contribution is 2.25. The fourth-order valence-electron chi connectivity index (χ4n) is 2.00. The van der Waals surface area contributed by atoms with E-state index in [9.17, 15) is 16.8 Å². The molecule has 0 atom stereocenters. The Morgan fingerprint density at radius 2 is 2.05 bits per heavy atom. The maximum Gasteiger partial charge on any atom is 0.244 e. The molecule has 0 saturated carbocycles. The number of nitrogens with zero attached hydrogens (tertiary/aromatic N) is 1. The molecule has 1 aromatic heterocycles. The van der Waals surface area contributed by atoms with Crippen molar-refractivity contribution in [3.8, 4) is 0 Å². The van der Waals surface area contributed by atoms with Crippen LogP contribution in [-0.4, -0.2) is 45.7 Å². The van der Waals surface area contributed by atoms with Crippen molar-refractivity contribution in [3.05, 3.63) is 16.3 Å². The minimum Gasteiger partial charge on any atom is -0.326 e. The minimum absolute atomic E-state index is 0.0184. The van der Waals surface area contributed by atoms with Crippen molar-refractivity contribution >= 4 is 31.2 Å². The maximum atomic E-state index is 12.5. The van der Waals surface area contributed by atoms with Crippen LogP contribution in [0.2, 0.25) is 0 Å². The summed E-state index contributed by atoms with van der Waals surface area (Å²) in [7, 11) is -6.76. The number of hydrogen-bond acceptors (Lipinski definition) is 6.